The van der Waals surface area contributed by atoms with Crippen molar-refractivity contribution in [3.63, 3.8) is 0 Å². The Balaban J connectivity index is 1.97. The summed E-state index contributed by atoms with van der Waals surface area (Å²) in [6.45, 7) is 1.32. The number of carbonyl (C=O) groups excluding carboxylic acids is 1. The number of hydrogen-bond donors (Lipinski definition) is 2. The molecular formula is C14H17NO5. The Kier molecular flexibility index (Phi) is 4.45. The summed E-state index contributed by atoms with van der Waals surface area (Å²) >= 11 is 0. The quantitative estimate of drug-likeness (QED) is 0.823. The molecule has 1 amide bonds. The first-order chi connectivity index (χ1) is 9.61. The Morgan fingerprint density at radius 2 is 2.30 bits per heavy atom. The fourth-order valence-corrected chi connectivity index (χ4v) is 2.36. The Labute approximate surface area is 116 Å². The lowest BCUT2D eigenvalue weighted by atomic mass is 9.99. The van der Waals surface area contributed by atoms with Gasteiger partial charge in [0.2, 0.25) is 0 Å². The van der Waals surface area contributed by atoms with Crippen LogP contribution in [0.3, 0.4) is 0 Å². The molecule has 0 unspecified atom stereocenters. The smallest absolute Gasteiger partial charge is 0.407 e. The standard InChI is InChI=1S/C14H17NO5/c16-8-11-12(17)4-1-5-13(11)20-9-10-3-2-6-15(7-10)14(18)19/h1,4-5,8,10,17H,2-3,6-7,9H2,(H,18,19)/t10-/m1/s1. The first-order valence-corrected chi connectivity index (χ1v) is 6.49. The van der Waals surface area contributed by atoms with Crippen molar-refractivity contribution in [3.05, 3.63) is 23.8 Å². The topological polar surface area (TPSA) is 87.1 Å². The van der Waals surface area contributed by atoms with E-state index in [1.54, 1.807) is 12.1 Å². The van der Waals surface area contributed by atoms with Gasteiger partial charge in [0, 0.05) is 19.0 Å². The second-order valence-corrected chi connectivity index (χ2v) is 4.85. The minimum Gasteiger partial charge on any atom is -0.507 e. The van der Waals surface area contributed by atoms with Crippen LogP contribution in [-0.4, -0.2) is 47.2 Å². The highest BCUT2D eigenvalue weighted by Crippen LogP contribution is 2.26. The number of ether oxygens (including phenoxy) is 1. The number of phenols is 1. The van der Waals surface area contributed by atoms with Crippen molar-refractivity contribution >= 4 is 12.4 Å². The number of hydrogen-bond acceptors (Lipinski definition) is 4. The molecule has 1 saturated heterocycles. The van der Waals surface area contributed by atoms with Crippen molar-refractivity contribution in [2.45, 2.75) is 12.8 Å². The lowest BCUT2D eigenvalue weighted by Crippen LogP contribution is -2.40. The van der Waals surface area contributed by atoms with Gasteiger partial charge < -0.3 is 19.8 Å². The van der Waals surface area contributed by atoms with Crippen LogP contribution in [0.4, 0.5) is 4.79 Å². The maximum absolute atomic E-state index is 10.9. The van der Waals surface area contributed by atoms with E-state index < -0.39 is 6.09 Å². The van der Waals surface area contributed by atoms with E-state index in [0.29, 0.717) is 31.7 Å². The molecule has 1 heterocycles. The number of piperidine rings is 1. The predicted octanol–water partition coefficient (Wildman–Crippen LogP) is 1.97. The maximum Gasteiger partial charge on any atom is 0.407 e. The molecule has 0 radical (unpaired) electrons. The number of aldehydes is 1. The van der Waals surface area contributed by atoms with Crippen molar-refractivity contribution in [1.29, 1.82) is 0 Å². The number of amides is 1. The molecule has 1 atom stereocenters. The zero-order chi connectivity index (χ0) is 14.5. The molecule has 1 aromatic rings. The van der Waals surface area contributed by atoms with Crippen molar-refractivity contribution in [1.82, 2.24) is 4.90 Å². The summed E-state index contributed by atoms with van der Waals surface area (Å²) in [6.07, 6.45) is 1.33. The van der Waals surface area contributed by atoms with E-state index in [4.69, 9.17) is 9.84 Å². The highest BCUT2D eigenvalue weighted by molar-refractivity contribution is 5.83. The molecule has 0 spiro atoms. The van der Waals surface area contributed by atoms with E-state index in [9.17, 15) is 14.7 Å². The van der Waals surface area contributed by atoms with Crippen molar-refractivity contribution < 1.29 is 24.5 Å². The Morgan fingerprint density at radius 1 is 1.50 bits per heavy atom. The van der Waals surface area contributed by atoms with Crippen LogP contribution >= 0.6 is 0 Å². The van der Waals surface area contributed by atoms with Gasteiger partial charge in [-0.05, 0) is 25.0 Å². The third kappa shape index (κ3) is 3.20. The third-order valence-corrected chi connectivity index (χ3v) is 3.43. The molecule has 2 N–H and O–H groups in total. The van der Waals surface area contributed by atoms with Gasteiger partial charge in [-0.2, -0.15) is 0 Å². The van der Waals surface area contributed by atoms with Gasteiger partial charge in [-0.3, -0.25) is 4.79 Å². The number of phenolic OH excluding ortho intramolecular Hbond substituents is 1. The Bertz CT molecular complexity index is 502. The summed E-state index contributed by atoms with van der Waals surface area (Å²) in [7, 11) is 0. The second kappa shape index (κ2) is 6.27. The van der Waals surface area contributed by atoms with Gasteiger partial charge in [-0.1, -0.05) is 6.07 Å². The van der Waals surface area contributed by atoms with Crippen LogP contribution in [0.2, 0.25) is 0 Å². The summed E-state index contributed by atoms with van der Waals surface area (Å²) in [5, 5.41) is 18.5. The molecule has 0 aliphatic carbocycles. The predicted molar refractivity (Wildman–Crippen MR) is 71.3 cm³/mol. The van der Waals surface area contributed by atoms with Gasteiger partial charge in [0.1, 0.15) is 11.5 Å². The Hall–Kier alpha value is -2.24. The maximum atomic E-state index is 10.9. The van der Waals surface area contributed by atoms with E-state index in [0.717, 1.165) is 12.8 Å². The molecule has 1 aliphatic rings. The van der Waals surface area contributed by atoms with Gasteiger partial charge in [0.25, 0.3) is 0 Å². The number of carboxylic acid groups (broad SMARTS) is 1. The van der Waals surface area contributed by atoms with E-state index in [1.165, 1.54) is 11.0 Å². The number of likely N-dealkylation sites (tertiary alicyclic amines) is 1. The normalized spacial score (nSPS) is 18.6. The van der Waals surface area contributed by atoms with Crippen molar-refractivity contribution in [2.24, 2.45) is 5.92 Å². The van der Waals surface area contributed by atoms with E-state index in [1.807, 2.05) is 0 Å². The van der Waals surface area contributed by atoms with Crippen LogP contribution in [0.25, 0.3) is 0 Å². The van der Waals surface area contributed by atoms with E-state index in [2.05, 4.69) is 0 Å². The average molecular weight is 279 g/mol. The summed E-state index contributed by atoms with van der Waals surface area (Å²) in [4.78, 5) is 23.2. The van der Waals surface area contributed by atoms with Crippen LogP contribution < -0.4 is 4.74 Å². The largest absolute Gasteiger partial charge is 0.507 e. The fraction of sp³-hybridized carbons (Fsp3) is 0.429. The first kappa shape index (κ1) is 14.2. The number of carbonyl (C=O) groups is 2. The number of aromatic hydroxyl groups is 1. The van der Waals surface area contributed by atoms with Crippen LogP contribution in [0.5, 0.6) is 11.5 Å². The molecule has 20 heavy (non-hydrogen) atoms. The van der Waals surface area contributed by atoms with E-state index in [-0.39, 0.29) is 17.2 Å². The van der Waals surface area contributed by atoms with Crippen LogP contribution in [0.1, 0.15) is 23.2 Å². The molecule has 1 fully saturated rings. The molecule has 6 heteroatoms. The second-order valence-electron chi connectivity index (χ2n) is 4.85. The van der Waals surface area contributed by atoms with E-state index >= 15 is 0 Å². The molecule has 1 aromatic carbocycles. The van der Waals surface area contributed by atoms with Crippen molar-refractivity contribution in [2.75, 3.05) is 19.7 Å². The number of nitrogens with zero attached hydrogens (tertiary/aromatic N) is 1. The molecule has 6 nitrogen and oxygen atoms in total. The molecule has 0 bridgehead atoms. The first-order valence-electron chi connectivity index (χ1n) is 6.49. The summed E-state index contributed by atoms with van der Waals surface area (Å²) in [5.74, 6) is 0.308. The molecular weight excluding hydrogens is 262 g/mol. The highest BCUT2D eigenvalue weighted by atomic mass is 16.5. The minimum atomic E-state index is -0.916. The summed E-state index contributed by atoms with van der Waals surface area (Å²) < 4.78 is 5.57. The molecule has 0 aromatic heterocycles. The lowest BCUT2D eigenvalue weighted by Gasteiger charge is -2.30. The van der Waals surface area contributed by atoms with Gasteiger partial charge in [0.15, 0.2) is 6.29 Å². The summed E-state index contributed by atoms with van der Waals surface area (Å²) in [5.41, 5.74) is 0.124. The average Bonchev–Trinajstić information content (AvgIpc) is 2.45. The molecule has 108 valence electrons. The number of rotatable bonds is 4. The van der Waals surface area contributed by atoms with Gasteiger partial charge >= 0.3 is 6.09 Å². The van der Waals surface area contributed by atoms with Crippen molar-refractivity contribution in [3.8, 4) is 11.5 Å². The van der Waals surface area contributed by atoms with Gasteiger partial charge in [-0.25, -0.2) is 4.79 Å². The van der Waals surface area contributed by atoms with Crippen LogP contribution in [0, 0.1) is 5.92 Å². The molecule has 2 rings (SSSR count). The van der Waals surface area contributed by atoms with Crippen LogP contribution in [-0.2, 0) is 0 Å². The molecule has 1 aliphatic heterocycles. The monoisotopic (exact) mass is 279 g/mol. The SMILES string of the molecule is O=Cc1c(O)cccc1OC[C@@H]1CCCN(C(=O)O)C1. The molecule has 0 saturated carbocycles. The summed E-state index contributed by atoms with van der Waals surface area (Å²) in [6, 6.07) is 4.63. The lowest BCUT2D eigenvalue weighted by molar-refractivity contribution is 0.104. The zero-order valence-corrected chi connectivity index (χ0v) is 11.0. The number of benzene rings is 1. The third-order valence-electron chi connectivity index (χ3n) is 3.43. The fourth-order valence-electron chi connectivity index (χ4n) is 2.36. The van der Waals surface area contributed by atoms with Gasteiger partial charge in [0.05, 0.1) is 12.2 Å². The highest BCUT2D eigenvalue weighted by Gasteiger charge is 2.24. The minimum absolute atomic E-state index is 0.0988. The zero-order valence-electron chi connectivity index (χ0n) is 11.0. The Morgan fingerprint density at radius 3 is 3.00 bits per heavy atom. The van der Waals surface area contributed by atoms with Crippen LogP contribution in [0.15, 0.2) is 18.2 Å². The van der Waals surface area contributed by atoms with Gasteiger partial charge in [-0.15, -0.1) is 0 Å².